The minimum absolute atomic E-state index is 0.190. The van der Waals surface area contributed by atoms with Crippen molar-refractivity contribution in [2.75, 3.05) is 0 Å². The van der Waals surface area contributed by atoms with Gasteiger partial charge in [-0.15, -0.1) is 0 Å². The molecule has 0 amide bonds. The molecule has 0 aliphatic rings. The summed E-state index contributed by atoms with van der Waals surface area (Å²) >= 11 is 11.7. The van der Waals surface area contributed by atoms with Gasteiger partial charge in [-0.25, -0.2) is 4.98 Å². The number of carbonyl (C=O) groups excluding carboxylic acids is 1. The molecule has 0 aliphatic heterocycles. The van der Waals surface area contributed by atoms with E-state index in [4.69, 9.17) is 23.2 Å². The first-order valence-corrected chi connectivity index (χ1v) is 5.76. The Morgan fingerprint density at radius 1 is 1.24 bits per heavy atom. The van der Waals surface area contributed by atoms with E-state index >= 15 is 0 Å². The number of benzene rings is 1. The second kappa shape index (κ2) is 4.86. The van der Waals surface area contributed by atoms with Crippen LogP contribution < -0.4 is 0 Å². The third-order valence-corrected chi connectivity index (χ3v) is 2.91. The Bertz CT molecular complexity index is 581. The van der Waals surface area contributed by atoms with Crippen molar-refractivity contribution in [1.29, 1.82) is 0 Å². The molecule has 0 atom stereocenters. The normalized spacial score (nSPS) is 10.3. The number of rotatable bonds is 2. The Kier molecular flexibility index (Phi) is 3.46. The third kappa shape index (κ3) is 2.48. The van der Waals surface area contributed by atoms with Crippen LogP contribution in [0.4, 0.5) is 0 Å². The molecule has 4 heteroatoms. The van der Waals surface area contributed by atoms with Gasteiger partial charge in [-0.05, 0) is 18.6 Å². The Labute approximate surface area is 109 Å². The number of hydrogen-bond acceptors (Lipinski definition) is 2. The molecular formula is C13H9Cl2NO. The molecule has 0 aliphatic carbocycles. The molecule has 0 bridgehead atoms. The number of hydrogen-bond donors (Lipinski definition) is 0. The molecule has 2 rings (SSSR count). The van der Waals surface area contributed by atoms with E-state index in [9.17, 15) is 4.79 Å². The largest absolute Gasteiger partial charge is 0.287 e. The molecule has 0 spiro atoms. The van der Waals surface area contributed by atoms with Gasteiger partial charge in [-0.2, -0.15) is 0 Å². The summed E-state index contributed by atoms with van der Waals surface area (Å²) in [6.07, 6.45) is 1.42. The maximum Gasteiger partial charge on any atom is 0.213 e. The van der Waals surface area contributed by atoms with Crippen LogP contribution in [0.25, 0.3) is 0 Å². The fourth-order valence-corrected chi connectivity index (χ4v) is 2.00. The van der Waals surface area contributed by atoms with Crippen LogP contribution in [0.2, 0.25) is 10.0 Å². The highest BCUT2D eigenvalue weighted by Crippen LogP contribution is 2.22. The van der Waals surface area contributed by atoms with Crippen LogP contribution in [0.5, 0.6) is 0 Å². The van der Waals surface area contributed by atoms with Gasteiger partial charge in [0.05, 0.1) is 10.0 Å². The Morgan fingerprint density at radius 3 is 2.59 bits per heavy atom. The van der Waals surface area contributed by atoms with Crippen LogP contribution in [0.15, 0.2) is 36.5 Å². The second-order valence-corrected chi connectivity index (χ2v) is 4.47. The van der Waals surface area contributed by atoms with Crippen molar-refractivity contribution in [1.82, 2.24) is 4.98 Å². The highest BCUT2D eigenvalue weighted by Gasteiger charge is 2.16. The lowest BCUT2D eigenvalue weighted by molar-refractivity contribution is 0.103. The molecule has 0 unspecified atom stereocenters. The lowest BCUT2D eigenvalue weighted by atomic mass is 10.0. The average Bonchev–Trinajstić information content (AvgIpc) is 2.29. The van der Waals surface area contributed by atoms with Crippen molar-refractivity contribution in [3.63, 3.8) is 0 Å². The maximum atomic E-state index is 12.2. The molecule has 0 fully saturated rings. The Morgan fingerprint density at radius 2 is 1.94 bits per heavy atom. The van der Waals surface area contributed by atoms with E-state index in [2.05, 4.69) is 4.98 Å². The van der Waals surface area contributed by atoms with Crippen LogP contribution in [-0.4, -0.2) is 10.8 Å². The molecule has 0 saturated heterocycles. The molecule has 1 aromatic heterocycles. The first-order chi connectivity index (χ1) is 8.09. The predicted octanol–water partition coefficient (Wildman–Crippen LogP) is 3.93. The lowest BCUT2D eigenvalue weighted by Gasteiger charge is -2.05. The van der Waals surface area contributed by atoms with Crippen molar-refractivity contribution in [2.24, 2.45) is 0 Å². The van der Waals surface area contributed by atoms with Gasteiger partial charge in [0.2, 0.25) is 5.78 Å². The number of carbonyl (C=O) groups is 1. The number of nitrogens with zero attached hydrogens (tertiary/aromatic N) is 1. The van der Waals surface area contributed by atoms with Crippen molar-refractivity contribution in [2.45, 2.75) is 6.92 Å². The smallest absolute Gasteiger partial charge is 0.213 e. The topological polar surface area (TPSA) is 30.0 Å². The molecular weight excluding hydrogens is 257 g/mol. The number of halogens is 2. The van der Waals surface area contributed by atoms with E-state index < -0.39 is 0 Å². The van der Waals surface area contributed by atoms with Gasteiger partial charge in [-0.3, -0.25) is 4.79 Å². The molecule has 17 heavy (non-hydrogen) atoms. The van der Waals surface area contributed by atoms with E-state index in [0.29, 0.717) is 10.6 Å². The maximum absolute atomic E-state index is 12.2. The summed E-state index contributed by atoms with van der Waals surface area (Å²) in [6, 6.07) is 8.83. The van der Waals surface area contributed by atoms with Crippen molar-refractivity contribution < 1.29 is 4.79 Å². The fourth-order valence-electron chi connectivity index (χ4n) is 1.54. The van der Waals surface area contributed by atoms with Gasteiger partial charge < -0.3 is 0 Å². The SMILES string of the molecule is Cc1ccccc1C(=O)c1ncc(Cl)cc1Cl. The van der Waals surface area contributed by atoms with E-state index in [1.165, 1.54) is 12.3 Å². The Balaban J connectivity index is 2.48. The van der Waals surface area contributed by atoms with E-state index in [1.54, 1.807) is 6.07 Å². The van der Waals surface area contributed by atoms with Gasteiger partial charge in [0.1, 0.15) is 5.69 Å². The summed E-state index contributed by atoms with van der Waals surface area (Å²) in [7, 11) is 0. The number of ketones is 1. The van der Waals surface area contributed by atoms with Gasteiger partial charge in [0.15, 0.2) is 0 Å². The minimum atomic E-state index is -0.190. The highest BCUT2D eigenvalue weighted by atomic mass is 35.5. The summed E-state index contributed by atoms with van der Waals surface area (Å²) in [4.78, 5) is 16.2. The molecule has 2 aromatic rings. The summed E-state index contributed by atoms with van der Waals surface area (Å²) in [6.45, 7) is 1.87. The zero-order valence-electron chi connectivity index (χ0n) is 9.08. The van der Waals surface area contributed by atoms with Crippen LogP contribution in [-0.2, 0) is 0 Å². The average molecular weight is 266 g/mol. The van der Waals surface area contributed by atoms with E-state index in [0.717, 1.165) is 5.56 Å². The first-order valence-electron chi connectivity index (χ1n) is 5.01. The van der Waals surface area contributed by atoms with Crippen LogP contribution >= 0.6 is 23.2 Å². The monoisotopic (exact) mass is 265 g/mol. The Hall–Kier alpha value is -1.38. The van der Waals surface area contributed by atoms with Crippen LogP contribution in [0.1, 0.15) is 21.6 Å². The standard InChI is InChI=1S/C13H9Cl2NO/c1-8-4-2-3-5-10(8)13(17)12-11(15)6-9(14)7-16-12/h2-7H,1H3. The third-order valence-electron chi connectivity index (χ3n) is 2.41. The zero-order chi connectivity index (χ0) is 12.4. The number of pyridine rings is 1. The van der Waals surface area contributed by atoms with Gasteiger partial charge >= 0.3 is 0 Å². The number of aryl methyl sites for hydroxylation is 1. The molecule has 2 nitrogen and oxygen atoms in total. The molecule has 86 valence electrons. The van der Waals surface area contributed by atoms with Gasteiger partial charge in [-0.1, -0.05) is 47.5 Å². The first kappa shape index (κ1) is 12.1. The quantitative estimate of drug-likeness (QED) is 0.771. The minimum Gasteiger partial charge on any atom is -0.287 e. The molecule has 1 heterocycles. The molecule has 1 aromatic carbocycles. The van der Waals surface area contributed by atoms with Crippen LogP contribution in [0, 0.1) is 6.92 Å². The van der Waals surface area contributed by atoms with Crippen molar-refractivity contribution in [3.05, 3.63) is 63.4 Å². The molecule has 0 radical (unpaired) electrons. The van der Waals surface area contributed by atoms with Gasteiger partial charge in [0.25, 0.3) is 0 Å². The summed E-state index contributed by atoms with van der Waals surface area (Å²) in [5.41, 5.74) is 1.72. The van der Waals surface area contributed by atoms with E-state index in [-0.39, 0.29) is 16.5 Å². The molecule has 0 saturated carbocycles. The lowest BCUT2D eigenvalue weighted by Crippen LogP contribution is -2.06. The molecule has 0 N–H and O–H groups in total. The summed E-state index contributed by atoms with van der Waals surface area (Å²) in [5.74, 6) is -0.190. The summed E-state index contributed by atoms with van der Waals surface area (Å²) < 4.78 is 0. The zero-order valence-corrected chi connectivity index (χ0v) is 10.6. The number of aromatic nitrogens is 1. The van der Waals surface area contributed by atoms with Crippen molar-refractivity contribution >= 4 is 29.0 Å². The van der Waals surface area contributed by atoms with Crippen LogP contribution in [0.3, 0.4) is 0 Å². The summed E-state index contributed by atoms with van der Waals surface area (Å²) in [5, 5.41) is 0.682. The second-order valence-electron chi connectivity index (χ2n) is 3.63. The van der Waals surface area contributed by atoms with Crippen molar-refractivity contribution in [3.8, 4) is 0 Å². The van der Waals surface area contributed by atoms with E-state index in [1.807, 2.05) is 25.1 Å². The predicted molar refractivity (Wildman–Crippen MR) is 68.9 cm³/mol. The van der Waals surface area contributed by atoms with Gasteiger partial charge in [0, 0.05) is 11.8 Å². The highest BCUT2D eigenvalue weighted by molar-refractivity contribution is 6.37. The fraction of sp³-hybridized carbons (Fsp3) is 0.0769.